The monoisotopic (exact) mass is 309 g/mol. The molecule has 94 valence electrons. The van der Waals surface area contributed by atoms with E-state index < -0.39 is 0 Å². The number of amides is 1. The summed E-state index contributed by atoms with van der Waals surface area (Å²) in [5.74, 6) is 0.631. The van der Waals surface area contributed by atoms with Gasteiger partial charge in [-0.2, -0.15) is 0 Å². The molecule has 0 unspecified atom stereocenters. The molecule has 0 aliphatic heterocycles. The largest absolute Gasteiger partial charge is 0.326 e. The molecule has 0 aliphatic carbocycles. The Morgan fingerprint density at radius 3 is 3.00 bits per heavy atom. The quantitative estimate of drug-likeness (QED) is 0.871. The second-order valence-electron chi connectivity index (χ2n) is 3.69. The first-order valence-electron chi connectivity index (χ1n) is 5.39. The summed E-state index contributed by atoms with van der Waals surface area (Å²) in [7, 11) is 1.77. The molecule has 0 spiro atoms. The van der Waals surface area contributed by atoms with Gasteiger partial charge in [-0.05, 0) is 22.6 Å². The number of aromatic nitrogens is 4. The number of rotatable bonds is 4. The Hall–Kier alpha value is -1.76. The SMILES string of the molecule is Cn1nnnc1-c1cccc(NC(=O)CCBr)c1. The molecule has 0 aliphatic rings. The fourth-order valence-electron chi connectivity index (χ4n) is 1.52. The number of carbonyl (C=O) groups excluding carboxylic acids is 1. The molecular weight excluding hydrogens is 298 g/mol. The van der Waals surface area contributed by atoms with Crippen LogP contribution in [0.5, 0.6) is 0 Å². The molecule has 1 heterocycles. The number of benzene rings is 1. The summed E-state index contributed by atoms with van der Waals surface area (Å²) in [4.78, 5) is 11.5. The van der Waals surface area contributed by atoms with Crippen LogP contribution in [-0.2, 0) is 11.8 Å². The van der Waals surface area contributed by atoms with E-state index in [4.69, 9.17) is 0 Å². The van der Waals surface area contributed by atoms with Gasteiger partial charge in [0.1, 0.15) is 0 Å². The van der Waals surface area contributed by atoms with Crippen LogP contribution in [0.1, 0.15) is 6.42 Å². The molecule has 0 bridgehead atoms. The van der Waals surface area contributed by atoms with Crippen LogP contribution in [0.2, 0.25) is 0 Å². The Balaban J connectivity index is 2.20. The molecule has 1 amide bonds. The highest BCUT2D eigenvalue weighted by molar-refractivity contribution is 9.09. The molecule has 2 aromatic rings. The second-order valence-corrected chi connectivity index (χ2v) is 4.49. The predicted octanol–water partition coefficient (Wildman–Crippen LogP) is 1.60. The average molecular weight is 310 g/mol. The number of carbonyl (C=O) groups is 1. The molecule has 18 heavy (non-hydrogen) atoms. The number of hydrogen-bond donors (Lipinski definition) is 1. The molecule has 0 fully saturated rings. The molecular formula is C11H12BrN5O. The number of alkyl halides is 1. The van der Waals surface area contributed by atoms with E-state index in [2.05, 4.69) is 36.8 Å². The lowest BCUT2D eigenvalue weighted by Crippen LogP contribution is -2.11. The first kappa shape index (κ1) is 12.7. The van der Waals surface area contributed by atoms with Gasteiger partial charge in [0.2, 0.25) is 5.91 Å². The molecule has 1 N–H and O–H groups in total. The van der Waals surface area contributed by atoms with Crippen LogP contribution < -0.4 is 5.32 Å². The van der Waals surface area contributed by atoms with E-state index in [-0.39, 0.29) is 5.91 Å². The van der Waals surface area contributed by atoms with E-state index >= 15 is 0 Å². The van der Waals surface area contributed by atoms with Gasteiger partial charge >= 0.3 is 0 Å². The van der Waals surface area contributed by atoms with E-state index in [1.807, 2.05) is 24.3 Å². The van der Waals surface area contributed by atoms with Crippen molar-refractivity contribution in [3.8, 4) is 11.4 Å². The lowest BCUT2D eigenvalue weighted by Gasteiger charge is -2.05. The number of hydrogen-bond acceptors (Lipinski definition) is 4. The Labute approximate surface area is 113 Å². The van der Waals surface area contributed by atoms with Crippen LogP contribution in [-0.4, -0.2) is 31.4 Å². The molecule has 2 rings (SSSR count). The summed E-state index contributed by atoms with van der Waals surface area (Å²) < 4.78 is 1.58. The normalized spacial score (nSPS) is 10.3. The Kier molecular flexibility index (Phi) is 4.03. The van der Waals surface area contributed by atoms with Crippen molar-refractivity contribution < 1.29 is 4.79 Å². The van der Waals surface area contributed by atoms with Gasteiger partial charge < -0.3 is 5.32 Å². The minimum absolute atomic E-state index is 0.0277. The van der Waals surface area contributed by atoms with Gasteiger partial charge in [0.25, 0.3) is 0 Å². The van der Waals surface area contributed by atoms with Crippen LogP contribution in [0.25, 0.3) is 11.4 Å². The highest BCUT2D eigenvalue weighted by Gasteiger charge is 2.07. The molecule has 6 nitrogen and oxygen atoms in total. The smallest absolute Gasteiger partial charge is 0.225 e. The third-order valence-electron chi connectivity index (χ3n) is 2.35. The third kappa shape index (κ3) is 2.92. The number of aryl methyl sites for hydroxylation is 1. The fourth-order valence-corrected chi connectivity index (χ4v) is 1.88. The van der Waals surface area contributed by atoms with Crippen LogP contribution in [0.4, 0.5) is 5.69 Å². The van der Waals surface area contributed by atoms with Crippen molar-refractivity contribution in [2.75, 3.05) is 10.6 Å². The molecule has 1 aromatic heterocycles. The maximum Gasteiger partial charge on any atom is 0.225 e. The van der Waals surface area contributed by atoms with Gasteiger partial charge in [0.05, 0.1) is 0 Å². The lowest BCUT2D eigenvalue weighted by atomic mass is 10.2. The van der Waals surface area contributed by atoms with Gasteiger partial charge in [0.15, 0.2) is 5.82 Å². The number of nitrogens with zero attached hydrogens (tertiary/aromatic N) is 4. The van der Waals surface area contributed by atoms with Gasteiger partial charge in [-0.15, -0.1) is 5.10 Å². The van der Waals surface area contributed by atoms with Gasteiger partial charge in [0, 0.05) is 30.0 Å². The second kappa shape index (κ2) is 5.72. The van der Waals surface area contributed by atoms with Crippen LogP contribution in [0, 0.1) is 0 Å². The summed E-state index contributed by atoms with van der Waals surface area (Å²) in [6, 6.07) is 7.43. The minimum atomic E-state index is -0.0277. The minimum Gasteiger partial charge on any atom is -0.326 e. The van der Waals surface area contributed by atoms with Crippen LogP contribution in [0.15, 0.2) is 24.3 Å². The molecule has 0 radical (unpaired) electrons. The first-order chi connectivity index (χ1) is 8.70. The number of halogens is 1. The zero-order chi connectivity index (χ0) is 13.0. The van der Waals surface area contributed by atoms with E-state index in [0.29, 0.717) is 17.6 Å². The number of tetrazole rings is 1. The summed E-state index contributed by atoms with van der Waals surface area (Å²) in [6.45, 7) is 0. The highest BCUT2D eigenvalue weighted by Crippen LogP contribution is 2.19. The van der Waals surface area contributed by atoms with Gasteiger partial charge in [-0.3, -0.25) is 4.79 Å². The van der Waals surface area contributed by atoms with Crippen molar-refractivity contribution >= 4 is 27.5 Å². The van der Waals surface area contributed by atoms with Crippen molar-refractivity contribution in [1.82, 2.24) is 20.2 Å². The number of nitrogens with one attached hydrogen (secondary N) is 1. The zero-order valence-corrected chi connectivity index (χ0v) is 11.4. The topological polar surface area (TPSA) is 72.7 Å². The molecule has 0 saturated carbocycles. The lowest BCUT2D eigenvalue weighted by molar-refractivity contribution is -0.115. The van der Waals surface area contributed by atoms with Crippen molar-refractivity contribution in [3.63, 3.8) is 0 Å². The van der Waals surface area contributed by atoms with Gasteiger partial charge in [-0.1, -0.05) is 28.1 Å². The van der Waals surface area contributed by atoms with E-state index in [9.17, 15) is 4.79 Å². The maximum absolute atomic E-state index is 11.5. The van der Waals surface area contributed by atoms with Crippen molar-refractivity contribution in [2.45, 2.75) is 6.42 Å². The zero-order valence-electron chi connectivity index (χ0n) is 9.80. The van der Waals surface area contributed by atoms with E-state index in [1.165, 1.54) is 0 Å². The summed E-state index contributed by atoms with van der Waals surface area (Å²) in [5, 5.41) is 14.7. The number of anilines is 1. The Morgan fingerprint density at radius 1 is 1.50 bits per heavy atom. The standard InChI is InChI=1S/C11H12BrN5O/c1-17-11(14-15-16-17)8-3-2-4-9(7-8)13-10(18)5-6-12/h2-4,7H,5-6H2,1H3,(H,13,18). The highest BCUT2D eigenvalue weighted by atomic mass is 79.9. The molecule has 1 aromatic carbocycles. The summed E-state index contributed by atoms with van der Waals surface area (Å²) in [5.41, 5.74) is 1.60. The van der Waals surface area contributed by atoms with Crippen molar-refractivity contribution in [2.24, 2.45) is 7.05 Å². The maximum atomic E-state index is 11.5. The van der Waals surface area contributed by atoms with Crippen LogP contribution in [0.3, 0.4) is 0 Å². The predicted molar refractivity (Wildman–Crippen MR) is 71.3 cm³/mol. The van der Waals surface area contributed by atoms with Crippen LogP contribution >= 0.6 is 15.9 Å². The van der Waals surface area contributed by atoms with Crippen molar-refractivity contribution in [3.05, 3.63) is 24.3 Å². The van der Waals surface area contributed by atoms with E-state index in [0.717, 1.165) is 11.3 Å². The molecule has 7 heteroatoms. The molecule has 0 saturated heterocycles. The van der Waals surface area contributed by atoms with E-state index in [1.54, 1.807) is 11.7 Å². The summed E-state index contributed by atoms with van der Waals surface area (Å²) in [6.07, 6.45) is 0.440. The Bertz CT molecular complexity index is 554. The Morgan fingerprint density at radius 2 is 2.33 bits per heavy atom. The third-order valence-corrected chi connectivity index (χ3v) is 2.74. The fraction of sp³-hybridized carbons (Fsp3) is 0.273. The average Bonchev–Trinajstić information content (AvgIpc) is 2.76. The van der Waals surface area contributed by atoms with Crippen molar-refractivity contribution in [1.29, 1.82) is 0 Å². The summed E-state index contributed by atoms with van der Waals surface area (Å²) >= 11 is 3.23. The van der Waals surface area contributed by atoms with Gasteiger partial charge in [-0.25, -0.2) is 4.68 Å². The first-order valence-corrected chi connectivity index (χ1v) is 6.51. The molecule has 0 atom stereocenters.